The molecule has 2 aromatic carbocycles. The molecule has 2 aliphatic rings. The van der Waals surface area contributed by atoms with Gasteiger partial charge in [-0.1, -0.05) is 49.7 Å². The first-order chi connectivity index (χ1) is 16.4. The van der Waals surface area contributed by atoms with E-state index in [2.05, 4.69) is 36.2 Å². The van der Waals surface area contributed by atoms with Gasteiger partial charge in [0.1, 0.15) is 6.04 Å². The Bertz CT molecular complexity index is 966. The third kappa shape index (κ3) is 6.19. The van der Waals surface area contributed by atoms with E-state index in [4.69, 9.17) is 11.6 Å². The van der Waals surface area contributed by atoms with Gasteiger partial charge in [0.2, 0.25) is 5.91 Å². The molecule has 2 aromatic rings. The highest BCUT2D eigenvalue weighted by molar-refractivity contribution is 6.30. The number of nitrogens with zero attached hydrogens (tertiary/aromatic N) is 2. The number of likely N-dealkylation sites (tertiary alicyclic amines) is 2. The van der Waals surface area contributed by atoms with Gasteiger partial charge in [-0.3, -0.25) is 14.5 Å². The first kappa shape index (κ1) is 24.7. The largest absolute Gasteiger partial charge is 0.354 e. The van der Waals surface area contributed by atoms with Crippen LogP contribution in [0.2, 0.25) is 5.02 Å². The number of nitrogens with one attached hydrogen (secondary N) is 1. The van der Waals surface area contributed by atoms with Crippen molar-refractivity contribution in [1.82, 2.24) is 15.1 Å². The molecule has 1 N–H and O–H groups in total. The fourth-order valence-electron chi connectivity index (χ4n) is 5.02. The summed E-state index contributed by atoms with van der Waals surface area (Å²) in [5, 5.41) is 3.93. The summed E-state index contributed by atoms with van der Waals surface area (Å²) in [7, 11) is 0. The van der Waals surface area contributed by atoms with Crippen molar-refractivity contribution in [2.75, 3.05) is 26.2 Å². The zero-order valence-electron chi connectivity index (χ0n) is 20.3. The molecular formula is C28H36ClN3O2. The monoisotopic (exact) mass is 481 g/mol. The molecule has 2 amide bonds. The lowest BCUT2D eigenvalue weighted by Crippen LogP contribution is -2.47. The molecule has 0 saturated carbocycles. The first-order valence-electron chi connectivity index (χ1n) is 12.6. The van der Waals surface area contributed by atoms with Crippen LogP contribution in [0.15, 0.2) is 48.5 Å². The Kier molecular flexibility index (Phi) is 8.28. The molecule has 1 unspecified atom stereocenters. The number of amides is 2. The van der Waals surface area contributed by atoms with Gasteiger partial charge in [-0.15, -0.1) is 0 Å². The van der Waals surface area contributed by atoms with Gasteiger partial charge in [-0.05, 0) is 86.0 Å². The van der Waals surface area contributed by atoms with E-state index in [0.29, 0.717) is 30.5 Å². The molecule has 5 nitrogen and oxygen atoms in total. The molecule has 182 valence electrons. The summed E-state index contributed by atoms with van der Waals surface area (Å²) in [6.45, 7) is 8.62. The number of piperidine rings is 1. The summed E-state index contributed by atoms with van der Waals surface area (Å²) in [5.41, 5.74) is 3.16. The van der Waals surface area contributed by atoms with Gasteiger partial charge < -0.3 is 10.2 Å². The maximum absolute atomic E-state index is 13.1. The molecule has 0 aliphatic carbocycles. The third-order valence-electron chi connectivity index (χ3n) is 7.23. The van der Waals surface area contributed by atoms with E-state index >= 15 is 0 Å². The van der Waals surface area contributed by atoms with Crippen LogP contribution in [0.4, 0.5) is 0 Å². The summed E-state index contributed by atoms with van der Waals surface area (Å²) < 4.78 is 0. The lowest BCUT2D eigenvalue weighted by molar-refractivity contribution is -0.125. The predicted molar refractivity (Wildman–Crippen MR) is 137 cm³/mol. The van der Waals surface area contributed by atoms with Crippen LogP contribution in [-0.4, -0.2) is 53.8 Å². The second-order valence-corrected chi connectivity index (χ2v) is 10.5. The van der Waals surface area contributed by atoms with Gasteiger partial charge in [0.25, 0.3) is 5.91 Å². The average Bonchev–Trinajstić information content (AvgIpc) is 3.34. The minimum Gasteiger partial charge on any atom is -0.354 e. The fourth-order valence-corrected chi connectivity index (χ4v) is 5.14. The Hall–Kier alpha value is -2.37. The molecule has 0 aromatic heterocycles. The van der Waals surface area contributed by atoms with Gasteiger partial charge in [0, 0.05) is 30.2 Å². The quantitative estimate of drug-likeness (QED) is 0.598. The summed E-state index contributed by atoms with van der Waals surface area (Å²) in [6.07, 6.45) is 3.75. The van der Waals surface area contributed by atoms with Crippen LogP contribution in [0.1, 0.15) is 66.9 Å². The van der Waals surface area contributed by atoms with E-state index in [9.17, 15) is 9.59 Å². The molecule has 1 atom stereocenters. The maximum Gasteiger partial charge on any atom is 0.254 e. The van der Waals surface area contributed by atoms with E-state index in [1.807, 2.05) is 36.4 Å². The average molecular weight is 482 g/mol. The smallest absolute Gasteiger partial charge is 0.254 e. The lowest BCUT2D eigenvalue weighted by atomic mass is 9.96. The number of hydrogen-bond acceptors (Lipinski definition) is 3. The highest BCUT2D eigenvalue weighted by Crippen LogP contribution is 2.23. The molecule has 2 aliphatic heterocycles. The topological polar surface area (TPSA) is 52.7 Å². The Morgan fingerprint density at radius 2 is 1.65 bits per heavy atom. The number of rotatable bonds is 7. The molecule has 0 bridgehead atoms. The van der Waals surface area contributed by atoms with Crippen molar-refractivity contribution in [2.24, 2.45) is 5.92 Å². The summed E-state index contributed by atoms with van der Waals surface area (Å²) in [6, 6.07) is 15.5. The SMILES string of the molecule is CC(C)c1ccc(C(=O)N2CCCC2C(=O)NCC2CCN(Cc3ccc(Cl)cc3)CC2)cc1. The Morgan fingerprint density at radius 3 is 2.29 bits per heavy atom. The zero-order chi connectivity index (χ0) is 24.1. The molecular weight excluding hydrogens is 446 g/mol. The van der Waals surface area contributed by atoms with Gasteiger partial charge in [-0.2, -0.15) is 0 Å². The van der Waals surface area contributed by atoms with Crippen LogP contribution in [0.3, 0.4) is 0 Å². The number of halogens is 1. The van der Waals surface area contributed by atoms with Crippen LogP contribution in [-0.2, 0) is 11.3 Å². The van der Waals surface area contributed by atoms with E-state index in [1.165, 1.54) is 11.1 Å². The second kappa shape index (κ2) is 11.4. The van der Waals surface area contributed by atoms with E-state index in [0.717, 1.165) is 50.3 Å². The Labute approximate surface area is 208 Å². The molecule has 0 radical (unpaired) electrons. The first-order valence-corrected chi connectivity index (χ1v) is 12.9. The molecule has 4 rings (SSSR count). The third-order valence-corrected chi connectivity index (χ3v) is 7.48. The van der Waals surface area contributed by atoms with Gasteiger partial charge in [0.15, 0.2) is 0 Å². The predicted octanol–water partition coefficient (Wildman–Crippen LogP) is 5.10. The number of benzene rings is 2. The molecule has 0 spiro atoms. The van der Waals surface area contributed by atoms with Crippen molar-refractivity contribution in [2.45, 2.75) is 58.0 Å². The van der Waals surface area contributed by atoms with Crippen LogP contribution < -0.4 is 5.32 Å². The van der Waals surface area contributed by atoms with E-state index in [1.54, 1.807) is 4.90 Å². The standard InChI is InChI=1S/C28H36ClN3O2/c1-20(2)23-7-9-24(10-8-23)28(34)32-15-3-4-26(32)27(33)30-18-21-13-16-31(17-14-21)19-22-5-11-25(29)12-6-22/h5-12,20-21,26H,3-4,13-19H2,1-2H3,(H,30,33). The van der Waals surface area contributed by atoms with Gasteiger partial charge in [-0.25, -0.2) is 0 Å². The van der Waals surface area contributed by atoms with Gasteiger partial charge in [0.05, 0.1) is 0 Å². The van der Waals surface area contributed by atoms with Gasteiger partial charge >= 0.3 is 0 Å². The Morgan fingerprint density at radius 1 is 0.971 bits per heavy atom. The second-order valence-electron chi connectivity index (χ2n) is 10.0. The molecule has 6 heteroatoms. The minimum atomic E-state index is -0.359. The van der Waals surface area contributed by atoms with E-state index in [-0.39, 0.29) is 17.9 Å². The van der Waals surface area contributed by atoms with Crippen molar-refractivity contribution < 1.29 is 9.59 Å². The normalized spacial score (nSPS) is 19.5. The Balaban J connectivity index is 1.24. The van der Waals surface area contributed by atoms with Crippen molar-refractivity contribution >= 4 is 23.4 Å². The molecule has 2 saturated heterocycles. The van der Waals surface area contributed by atoms with E-state index < -0.39 is 0 Å². The van der Waals surface area contributed by atoms with Crippen molar-refractivity contribution in [3.63, 3.8) is 0 Å². The van der Waals surface area contributed by atoms with Crippen molar-refractivity contribution in [1.29, 1.82) is 0 Å². The molecule has 2 fully saturated rings. The lowest BCUT2D eigenvalue weighted by Gasteiger charge is -2.32. The van der Waals surface area contributed by atoms with Crippen LogP contribution in [0, 0.1) is 5.92 Å². The number of carbonyl (C=O) groups is 2. The zero-order valence-corrected chi connectivity index (χ0v) is 21.1. The highest BCUT2D eigenvalue weighted by atomic mass is 35.5. The van der Waals surface area contributed by atoms with Crippen molar-refractivity contribution in [3.05, 3.63) is 70.2 Å². The maximum atomic E-state index is 13.1. The number of carbonyl (C=O) groups excluding carboxylic acids is 2. The molecule has 2 heterocycles. The molecule has 34 heavy (non-hydrogen) atoms. The van der Waals surface area contributed by atoms with Crippen molar-refractivity contribution in [3.8, 4) is 0 Å². The van der Waals surface area contributed by atoms with Crippen LogP contribution >= 0.6 is 11.6 Å². The number of hydrogen-bond donors (Lipinski definition) is 1. The minimum absolute atomic E-state index is 0.00626. The van der Waals surface area contributed by atoms with Crippen LogP contribution in [0.25, 0.3) is 0 Å². The fraction of sp³-hybridized carbons (Fsp3) is 0.500. The summed E-state index contributed by atoms with van der Waals surface area (Å²) >= 11 is 5.98. The summed E-state index contributed by atoms with van der Waals surface area (Å²) in [4.78, 5) is 30.3. The summed E-state index contributed by atoms with van der Waals surface area (Å²) in [5.74, 6) is 0.870. The van der Waals surface area contributed by atoms with Crippen LogP contribution in [0.5, 0.6) is 0 Å². The highest BCUT2D eigenvalue weighted by Gasteiger charge is 2.34.